The number of thiazole rings is 1. The Morgan fingerprint density at radius 3 is 2.44 bits per heavy atom. The summed E-state index contributed by atoms with van der Waals surface area (Å²) in [5, 5.41) is 11.7. The average Bonchev–Trinajstić information content (AvgIpc) is 2.57. The van der Waals surface area contributed by atoms with Crippen LogP contribution in [0.25, 0.3) is 0 Å². The number of hydrogen-bond donors (Lipinski definition) is 1. The Hall–Kier alpha value is -1.19. The molecule has 1 aromatic carbocycles. The van der Waals surface area contributed by atoms with E-state index < -0.39 is 5.60 Å². The minimum Gasteiger partial charge on any atom is -0.385 e. The fourth-order valence-electron chi connectivity index (χ4n) is 2.18. The van der Waals surface area contributed by atoms with E-state index in [4.69, 9.17) is 0 Å². The molecule has 0 spiro atoms. The first-order valence-electron chi connectivity index (χ1n) is 6.11. The van der Waals surface area contributed by atoms with Crippen LogP contribution in [0.5, 0.6) is 0 Å². The van der Waals surface area contributed by atoms with Gasteiger partial charge in [-0.2, -0.15) is 0 Å². The van der Waals surface area contributed by atoms with Crippen molar-refractivity contribution in [1.29, 1.82) is 0 Å². The van der Waals surface area contributed by atoms with Crippen molar-refractivity contribution >= 4 is 11.3 Å². The number of aromatic nitrogens is 1. The number of aliphatic hydroxyl groups is 1. The summed E-state index contributed by atoms with van der Waals surface area (Å²) in [5.74, 6) is 0. The van der Waals surface area contributed by atoms with Crippen LogP contribution in [0, 0.1) is 20.8 Å². The van der Waals surface area contributed by atoms with Gasteiger partial charge in [-0.1, -0.05) is 24.3 Å². The van der Waals surface area contributed by atoms with Crippen molar-refractivity contribution < 1.29 is 5.11 Å². The summed E-state index contributed by atoms with van der Waals surface area (Å²) in [6.07, 6.45) is 0.567. The fraction of sp³-hybridized carbons (Fsp3) is 0.400. The molecule has 2 rings (SSSR count). The highest BCUT2D eigenvalue weighted by atomic mass is 32.1. The zero-order valence-corrected chi connectivity index (χ0v) is 12.1. The number of nitrogens with zero attached hydrogens (tertiary/aromatic N) is 1. The van der Waals surface area contributed by atoms with Gasteiger partial charge in [0.05, 0.1) is 16.3 Å². The molecule has 0 aliphatic carbocycles. The quantitative estimate of drug-likeness (QED) is 0.917. The van der Waals surface area contributed by atoms with Gasteiger partial charge in [0.15, 0.2) is 0 Å². The molecule has 1 unspecified atom stereocenters. The molecule has 0 fully saturated rings. The third-order valence-electron chi connectivity index (χ3n) is 3.29. The van der Waals surface area contributed by atoms with Gasteiger partial charge in [-0.05, 0) is 38.8 Å². The van der Waals surface area contributed by atoms with Gasteiger partial charge in [0.25, 0.3) is 0 Å². The van der Waals surface area contributed by atoms with Gasteiger partial charge >= 0.3 is 0 Å². The molecule has 0 bridgehead atoms. The molecule has 96 valence electrons. The van der Waals surface area contributed by atoms with Crippen LogP contribution in [0.15, 0.2) is 24.3 Å². The van der Waals surface area contributed by atoms with Gasteiger partial charge in [-0.3, -0.25) is 0 Å². The molecule has 2 aromatic rings. The van der Waals surface area contributed by atoms with Crippen molar-refractivity contribution in [2.75, 3.05) is 0 Å². The first kappa shape index (κ1) is 13.2. The Bertz CT molecular complexity index is 538. The third-order valence-corrected chi connectivity index (χ3v) is 4.37. The summed E-state index contributed by atoms with van der Waals surface area (Å²) in [7, 11) is 0. The normalized spacial score (nSPS) is 14.5. The lowest BCUT2D eigenvalue weighted by molar-refractivity contribution is 0.0569. The Kier molecular flexibility index (Phi) is 3.55. The van der Waals surface area contributed by atoms with E-state index >= 15 is 0 Å². The summed E-state index contributed by atoms with van der Waals surface area (Å²) in [4.78, 5) is 5.74. The average molecular weight is 261 g/mol. The zero-order valence-electron chi connectivity index (χ0n) is 11.3. The minimum absolute atomic E-state index is 0.567. The van der Waals surface area contributed by atoms with Crippen LogP contribution in [0.2, 0.25) is 0 Å². The first-order chi connectivity index (χ1) is 8.40. The summed E-state index contributed by atoms with van der Waals surface area (Å²) in [5.41, 5.74) is 2.31. The number of hydrogen-bond acceptors (Lipinski definition) is 3. The third kappa shape index (κ3) is 2.62. The number of benzene rings is 1. The molecule has 0 amide bonds. The molecule has 18 heavy (non-hydrogen) atoms. The van der Waals surface area contributed by atoms with Crippen LogP contribution in [-0.4, -0.2) is 10.1 Å². The molecular weight excluding hydrogens is 242 g/mol. The zero-order chi connectivity index (χ0) is 13.3. The first-order valence-corrected chi connectivity index (χ1v) is 6.93. The smallest absolute Gasteiger partial charge is 0.0962 e. The molecule has 0 aliphatic rings. The van der Waals surface area contributed by atoms with Crippen molar-refractivity contribution in [2.45, 2.75) is 39.7 Å². The number of rotatable bonds is 3. The lowest BCUT2D eigenvalue weighted by Gasteiger charge is -2.24. The second kappa shape index (κ2) is 4.82. The van der Waals surface area contributed by atoms with Crippen LogP contribution in [-0.2, 0) is 12.0 Å². The number of aryl methyl sites for hydroxylation is 3. The lowest BCUT2D eigenvalue weighted by Crippen LogP contribution is -2.25. The Labute approximate surface area is 112 Å². The highest BCUT2D eigenvalue weighted by Gasteiger charge is 2.26. The van der Waals surface area contributed by atoms with Crippen LogP contribution in [0.4, 0.5) is 0 Å². The van der Waals surface area contributed by atoms with Gasteiger partial charge in [0, 0.05) is 11.3 Å². The highest BCUT2D eigenvalue weighted by molar-refractivity contribution is 7.11. The summed E-state index contributed by atoms with van der Waals surface area (Å²) < 4.78 is 0. The molecule has 1 atom stereocenters. The van der Waals surface area contributed by atoms with Crippen molar-refractivity contribution in [3.8, 4) is 0 Å². The maximum absolute atomic E-state index is 10.7. The Morgan fingerprint density at radius 2 is 1.89 bits per heavy atom. The monoisotopic (exact) mass is 261 g/mol. The predicted octanol–water partition coefficient (Wildman–Crippen LogP) is 3.52. The molecule has 0 saturated heterocycles. The molecule has 1 aromatic heterocycles. The molecule has 2 nitrogen and oxygen atoms in total. The van der Waals surface area contributed by atoms with Gasteiger partial charge in [-0.25, -0.2) is 4.98 Å². The molecule has 1 N–H and O–H groups in total. The highest BCUT2D eigenvalue weighted by Crippen LogP contribution is 2.30. The topological polar surface area (TPSA) is 33.1 Å². The second-order valence-corrected chi connectivity index (χ2v) is 6.30. The van der Waals surface area contributed by atoms with E-state index in [1.807, 2.05) is 45.0 Å². The molecule has 0 saturated carbocycles. The van der Waals surface area contributed by atoms with Gasteiger partial charge in [-0.15, -0.1) is 11.3 Å². The Morgan fingerprint density at radius 1 is 1.22 bits per heavy atom. The van der Waals surface area contributed by atoms with E-state index in [9.17, 15) is 5.11 Å². The van der Waals surface area contributed by atoms with Crippen molar-refractivity contribution in [3.05, 3.63) is 51.0 Å². The SMILES string of the molecule is Cc1ccccc1C(C)(O)Cc1nc(C)c(C)s1. The van der Waals surface area contributed by atoms with E-state index in [-0.39, 0.29) is 0 Å². The summed E-state index contributed by atoms with van der Waals surface area (Å²) in [6.45, 7) is 7.97. The summed E-state index contributed by atoms with van der Waals surface area (Å²) in [6, 6.07) is 7.98. The minimum atomic E-state index is -0.859. The molecule has 0 aliphatic heterocycles. The van der Waals surface area contributed by atoms with Gasteiger partial charge in [0.1, 0.15) is 0 Å². The van der Waals surface area contributed by atoms with E-state index in [0.29, 0.717) is 6.42 Å². The van der Waals surface area contributed by atoms with E-state index in [2.05, 4.69) is 11.9 Å². The largest absolute Gasteiger partial charge is 0.385 e. The second-order valence-electron chi connectivity index (χ2n) is 5.01. The van der Waals surface area contributed by atoms with Crippen molar-refractivity contribution in [2.24, 2.45) is 0 Å². The molecular formula is C15H19NOS. The lowest BCUT2D eigenvalue weighted by atomic mass is 9.89. The van der Waals surface area contributed by atoms with Gasteiger partial charge < -0.3 is 5.11 Å². The fourth-order valence-corrected chi connectivity index (χ4v) is 3.26. The maximum Gasteiger partial charge on any atom is 0.0962 e. The maximum atomic E-state index is 10.7. The van der Waals surface area contributed by atoms with Crippen LogP contribution >= 0.6 is 11.3 Å². The van der Waals surface area contributed by atoms with Crippen molar-refractivity contribution in [3.63, 3.8) is 0 Å². The predicted molar refractivity (Wildman–Crippen MR) is 76.0 cm³/mol. The van der Waals surface area contributed by atoms with Crippen LogP contribution in [0.3, 0.4) is 0 Å². The van der Waals surface area contributed by atoms with Gasteiger partial charge in [0.2, 0.25) is 0 Å². The van der Waals surface area contributed by atoms with Crippen molar-refractivity contribution in [1.82, 2.24) is 4.98 Å². The molecule has 1 heterocycles. The Balaban J connectivity index is 2.29. The summed E-state index contributed by atoms with van der Waals surface area (Å²) >= 11 is 1.67. The van der Waals surface area contributed by atoms with E-state index in [1.165, 1.54) is 4.88 Å². The standard InChI is InChI=1S/C15H19NOS/c1-10-7-5-6-8-13(10)15(4,17)9-14-16-11(2)12(3)18-14/h5-8,17H,9H2,1-4H3. The van der Waals surface area contributed by atoms with Crippen LogP contribution in [0.1, 0.15) is 33.6 Å². The van der Waals surface area contributed by atoms with Crippen LogP contribution < -0.4 is 0 Å². The molecule has 3 heteroatoms. The van der Waals surface area contributed by atoms with E-state index in [0.717, 1.165) is 21.8 Å². The van der Waals surface area contributed by atoms with E-state index in [1.54, 1.807) is 11.3 Å². The molecule has 0 radical (unpaired) electrons.